The van der Waals surface area contributed by atoms with Gasteiger partial charge in [0.15, 0.2) is 0 Å². The summed E-state index contributed by atoms with van der Waals surface area (Å²) < 4.78 is 5.43. The smallest absolute Gasteiger partial charge is 0.306 e. The molecule has 1 N–H and O–H groups in total. The zero-order valence-electron chi connectivity index (χ0n) is 24.3. The van der Waals surface area contributed by atoms with Crippen molar-refractivity contribution in [2.45, 2.75) is 70.8 Å². The van der Waals surface area contributed by atoms with Crippen molar-refractivity contribution in [1.82, 2.24) is 10.2 Å². The summed E-state index contributed by atoms with van der Waals surface area (Å²) in [6.07, 6.45) is 5.05. The van der Waals surface area contributed by atoms with Gasteiger partial charge in [0.25, 0.3) is 5.91 Å². The Bertz CT molecular complexity index is 1250. The third-order valence-corrected chi connectivity index (χ3v) is 8.10. The van der Waals surface area contributed by atoms with Gasteiger partial charge < -0.3 is 15.0 Å². The highest BCUT2D eigenvalue weighted by molar-refractivity contribution is 6.01. The van der Waals surface area contributed by atoms with Gasteiger partial charge in [0.2, 0.25) is 0 Å². The standard InChI is InChI=1S/C35H44N2O3/c1-4-24-40-33(38)26-35(3,29-14-6-5-7-15-29)20-11-21-37-22-18-30(19-23-37)36-34(39)32-17-9-8-16-31(32)28-13-10-12-27(2)25-28/h5-10,12-17,25,30H,4,11,18-24,26H2,1-3H3,(H,36,39). The highest BCUT2D eigenvalue weighted by Crippen LogP contribution is 2.33. The lowest BCUT2D eigenvalue weighted by molar-refractivity contribution is -0.145. The number of carbonyl (C=O) groups is 2. The molecule has 1 aliphatic heterocycles. The van der Waals surface area contributed by atoms with Crippen molar-refractivity contribution in [2.24, 2.45) is 0 Å². The molecule has 1 saturated heterocycles. The molecule has 1 aliphatic rings. The Morgan fingerprint density at radius 2 is 1.70 bits per heavy atom. The van der Waals surface area contributed by atoms with Crippen molar-refractivity contribution in [2.75, 3.05) is 26.2 Å². The zero-order chi connectivity index (χ0) is 28.4. The number of carbonyl (C=O) groups excluding carboxylic acids is 2. The van der Waals surface area contributed by atoms with Crippen molar-refractivity contribution >= 4 is 11.9 Å². The molecule has 5 nitrogen and oxygen atoms in total. The molecule has 212 valence electrons. The fourth-order valence-electron chi connectivity index (χ4n) is 5.76. The first-order valence-electron chi connectivity index (χ1n) is 14.8. The van der Waals surface area contributed by atoms with E-state index >= 15 is 0 Å². The number of nitrogens with zero attached hydrogens (tertiary/aromatic N) is 1. The summed E-state index contributed by atoms with van der Waals surface area (Å²) in [5.74, 6) is -0.113. The molecule has 5 heteroatoms. The number of esters is 1. The van der Waals surface area contributed by atoms with Crippen molar-refractivity contribution in [1.29, 1.82) is 0 Å². The Morgan fingerprint density at radius 1 is 0.975 bits per heavy atom. The minimum absolute atomic E-state index is 0.00384. The molecule has 0 bridgehead atoms. The zero-order valence-corrected chi connectivity index (χ0v) is 24.3. The molecular formula is C35H44N2O3. The third kappa shape index (κ3) is 8.04. The molecule has 1 unspecified atom stereocenters. The molecule has 1 amide bonds. The molecule has 0 aliphatic carbocycles. The van der Waals surface area contributed by atoms with Crippen LogP contribution in [-0.2, 0) is 14.9 Å². The topological polar surface area (TPSA) is 58.6 Å². The first-order chi connectivity index (χ1) is 19.4. The Kier molecular flexibility index (Phi) is 10.5. The molecule has 0 spiro atoms. The van der Waals surface area contributed by atoms with Crippen LogP contribution < -0.4 is 5.32 Å². The molecule has 3 aromatic carbocycles. The molecule has 0 aromatic heterocycles. The van der Waals surface area contributed by atoms with E-state index in [1.807, 2.05) is 55.5 Å². The second-order valence-electron chi connectivity index (χ2n) is 11.4. The van der Waals surface area contributed by atoms with Crippen molar-refractivity contribution in [3.8, 4) is 11.1 Å². The fraction of sp³-hybridized carbons (Fsp3) is 0.429. The van der Waals surface area contributed by atoms with E-state index < -0.39 is 0 Å². The predicted octanol–water partition coefficient (Wildman–Crippen LogP) is 6.94. The van der Waals surface area contributed by atoms with Gasteiger partial charge in [0, 0.05) is 30.1 Å². The lowest BCUT2D eigenvalue weighted by atomic mass is 9.76. The number of aryl methyl sites for hydroxylation is 1. The Hall–Kier alpha value is -3.44. The van der Waals surface area contributed by atoms with E-state index in [0.29, 0.717) is 13.0 Å². The summed E-state index contributed by atoms with van der Waals surface area (Å²) >= 11 is 0. The first-order valence-corrected chi connectivity index (χ1v) is 14.8. The van der Waals surface area contributed by atoms with Crippen molar-refractivity contribution < 1.29 is 14.3 Å². The van der Waals surface area contributed by atoms with Gasteiger partial charge in [-0.2, -0.15) is 0 Å². The number of amides is 1. The van der Waals surface area contributed by atoms with E-state index in [-0.39, 0.29) is 23.3 Å². The number of hydrogen-bond donors (Lipinski definition) is 1. The molecule has 0 radical (unpaired) electrons. The van der Waals surface area contributed by atoms with Gasteiger partial charge in [0.05, 0.1) is 13.0 Å². The molecular weight excluding hydrogens is 496 g/mol. The average molecular weight is 541 g/mol. The summed E-state index contributed by atoms with van der Waals surface area (Å²) in [4.78, 5) is 28.3. The molecule has 1 fully saturated rings. The average Bonchev–Trinajstić information content (AvgIpc) is 2.97. The number of rotatable bonds is 12. The number of piperidine rings is 1. The third-order valence-electron chi connectivity index (χ3n) is 8.10. The molecule has 3 aromatic rings. The molecule has 0 saturated carbocycles. The Balaban J connectivity index is 1.28. The maximum Gasteiger partial charge on any atom is 0.306 e. The summed E-state index contributed by atoms with van der Waals surface area (Å²) in [7, 11) is 0. The summed E-state index contributed by atoms with van der Waals surface area (Å²) in [5.41, 5.74) is 4.90. The van der Waals surface area contributed by atoms with Gasteiger partial charge in [-0.3, -0.25) is 9.59 Å². The van der Waals surface area contributed by atoms with E-state index in [4.69, 9.17) is 4.74 Å². The second-order valence-corrected chi connectivity index (χ2v) is 11.4. The quantitative estimate of drug-likeness (QED) is 0.253. The number of benzene rings is 3. The van der Waals surface area contributed by atoms with E-state index in [1.54, 1.807) is 0 Å². The van der Waals surface area contributed by atoms with Crippen LogP contribution in [-0.4, -0.2) is 49.1 Å². The van der Waals surface area contributed by atoms with Gasteiger partial charge in [-0.15, -0.1) is 0 Å². The normalized spacial score (nSPS) is 15.8. The van der Waals surface area contributed by atoms with Crippen LogP contribution in [0.25, 0.3) is 11.1 Å². The van der Waals surface area contributed by atoms with Crippen LogP contribution in [0.2, 0.25) is 0 Å². The van der Waals surface area contributed by atoms with Crippen LogP contribution in [0.3, 0.4) is 0 Å². The summed E-state index contributed by atoms with van der Waals surface area (Å²) in [6.45, 7) is 9.67. The summed E-state index contributed by atoms with van der Waals surface area (Å²) in [5, 5.41) is 3.30. The van der Waals surface area contributed by atoms with Crippen LogP contribution in [0.4, 0.5) is 0 Å². The van der Waals surface area contributed by atoms with Gasteiger partial charge in [-0.05, 0) is 68.3 Å². The minimum Gasteiger partial charge on any atom is -0.466 e. The number of likely N-dealkylation sites (tertiary alicyclic amines) is 1. The van der Waals surface area contributed by atoms with E-state index in [1.165, 1.54) is 11.1 Å². The van der Waals surface area contributed by atoms with Gasteiger partial charge in [-0.25, -0.2) is 0 Å². The minimum atomic E-state index is -0.247. The van der Waals surface area contributed by atoms with Crippen LogP contribution in [0.15, 0.2) is 78.9 Å². The molecule has 40 heavy (non-hydrogen) atoms. The lowest BCUT2D eigenvalue weighted by Gasteiger charge is -2.34. The lowest BCUT2D eigenvalue weighted by Crippen LogP contribution is -2.45. The van der Waals surface area contributed by atoms with Gasteiger partial charge >= 0.3 is 5.97 Å². The SMILES string of the molecule is CCCOC(=O)CC(C)(CCCN1CCC(NC(=O)c2ccccc2-c2cccc(C)c2)CC1)c1ccccc1. The second kappa shape index (κ2) is 14.3. The first kappa shape index (κ1) is 29.5. The van der Waals surface area contributed by atoms with Crippen molar-refractivity contribution in [3.05, 3.63) is 95.6 Å². The van der Waals surface area contributed by atoms with Crippen molar-refractivity contribution in [3.63, 3.8) is 0 Å². The van der Waals surface area contributed by atoms with E-state index in [0.717, 1.165) is 68.4 Å². The fourth-order valence-corrected chi connectivity index (χ4v) is 5.76. The van der Waals surface area contributed by atoms with Crippen LogP contribution >= 0.6 is 0 Å². The van der Waals surface area contributed by atoms with E-state index in [2.05, 4.69) is 54.4 Å². The van der Waals surface area contributed by atoms with Crippen LogP contribution in [0, 0.1) is 6.92 Å². The van der Waals surface area contributed by atoms with Gasteiger partial charge in [-0.1, -0.05) is 92.2 Å². The monoisotopic (exact) mass is 540 g/mol. The largest absolute Gasteiger partial charge is 0.466 e. The predicted molar refractivity (Wildman–Crippen MR) is 162 cm³/mol. The Labute approximate surface area is 239 Å². The van der Waals surface area contributed by atoms with Crippen LogP contribution in [0.5, 0.6) is 0 Å². The Morgan fingerprint density at radius 3 is 2.42 bits per heavy atom. The molecule has 1 atom stereocenters. The maximum absolute atomic E-state index is 13.3. The van der Waals surface area contributed by atoms with Crippen LogP contribution in [0.1, 0.15) is 73.9 Å². The van der Waals surface area contributed by atoms with E-state index in [9.17, 15) is 9.59 Å². The van der Waals surface area contributed by atoms with Gasteiger partial charge in [0.1, 0.15) is 0 Å². The maximum atomic E-state index is 13.3. The number of ether oxygens (including phenoxy) is 1. The number of hydrogen-bond acceptors (Lipinski definition) is 4. The number of nitrogens with one attached hydrogen (secondary N) is 1. The molecule has 4 rings (SSSR count). The highest BCUT2D eigenvalue weighted by atomic mass is 16.5. The molecule has 1 heterocycles. The highest BCUT2D eigenvalue weighted by Gasteiger charge is 2.30. The summed E-state index contributed by atoms with van der Waals surface area (Å²) in [6, 6.07) is 26.7.